The van der Waals surface area contributed by atoms with E-state index in [4.69, 9.17) is 0 Å². The van der Waals surface area contributed by atoms with Crippen molar-refractivity contribution in [1.82, 2.24) is 4.98 Å². The summed E-state index contributed by atoms with van der Waals surface area (Å²) < 4.78 is 56.2. The average molecular weight is 565 g/mol. The van der Waals surface area contributed by atoms with Crippen molar-refractivity contribution in [2.45, 2.75) is 30.6 Å². The highest BCUT2D eigenvalue weighted by Gasteiger charge is 2.28. The molecule has 0 saturated heterocycles. The van der Waals surface area contributed by atoms with Crippen molar-refractivity contribution >= 4 is 43.0 Å². The molecule has 0 fully saturated rings. The first-order chi connectivity index (χ1) is 18.5. The molecular weight excluding hydrogens is 536 g/mol. The number of nitrogens with one attached hydrogen (secondary N) is 2. The van der Waals surface area contributed by atoms with Gasteiger partial charge < -0.3 is 5.32 Å². The quantitative estimate of drug-likeness (QED) is 0.305. The number of hydrogen-bond donors (Lipinski definition) is 2. The van der Waals surface area contributed by atoms with Crippen LogP contribution in [0.5, 0.6) is 0 Å². The SMILES string of the molecule is Cc1ccc(S(=O)(=O)N(CC(=O)Nc2ccc(S(=O)(=O)Nc3cccnc3)cc2)c2cc(C)ccc2C)cc1. The first kappa shape index (κ1) is 27.8. The molecule has 0 aliphatic rings. The summed E-state index contributed by atoms with van der Waals surface area (Å²) in [4.78, 5) is 17.0. The van der Waals surface area contributed by atoms with Crippen LogP contribution in [-0.2, 0) is 24.8 Å². The molecule has 0 atom stereocenters. The maximum Gasteiger partial charge on any atom is 0.264 e. The van der Waals surface area contributed by atoms with Gasteiger partial charge in [0, 0.05) is 11.9 Å². The fraction of sp³-hybridized carbons (Fsp3) is 0.143. The van der Waals surface area contributed by atoms with Gasteiger partial charge in [-0.3, -0.25) is 18.8 Å². The summed E-state index contributed by atoms with van der Waals surface area (Å²) in [6.07, 6.45) is 2.92. The summed E-state index contributed by atoms with van der Waals surface area (Å²) in [5, 5.41) is 2.67. The molecule has 0 unspecified atom stereocenters. The van der Waals surface area contributed by atoms with E-state index in [9.17, 15) is 21.6 Å². The van der Waals surface area contributed by atoms with Crippen molar-refractivity contribution in [1.29, 1.82) is 0 Å². The summed E-state index contributed by atoms with van der Waals surface area (Å²) in [7, 11) is -7.94. The summed E-state index contributed by atoms with van der Waals surface area (Å²) in [6, 6.07) is 20.6. The molecule has 39 heavy (non-hydrogen) atoms. The first-order valence-electron chi connectivity index (χ1n) is 12.0. The van der Waals surface area contributed by atoms with Gasteiger partial charge in [-0.1, -0.05) is 29.8 Å². The van der Waals surface area contributed by atoms with Gasteiger partial charge in [-0.05, 0) is 86.5 Å². The minimum Gasteiger partial charge on any atom is -0.325 e. The molecule has 11 heteroatoms. The van der Waals surface area contributed by atoms with Crippen LogP contribution >= 0.6 is 0 Å². The largest absolute Gasteiger partial charge is 0.325 e. The molecule has 9 nitrogen and oxygen atoms in total. The highest BCUT2D eigenvalue weighted by atomic mass is 32.2. The Balaban J connectivity index is 1.57. The van der Waals surface area contributed by atoms with Crippen LogP contribution in [0.3, 0.4) is 0 Å². The number of amides is 1. The van der Waals surface area contributed by atoms with Crippen molar-refractivity contribution in [2.24, 2.45) is 0 Å². The number of aromatic nitrogens is 1. The number of anilines is 3. The number of rotatable bonds is 9. The Morgan fingerprint density at radius 2 is 1.44 bits per heavy atom. The lowest BCUT2D eigenvalue weighted by Gasteiger charge is -2.26. The number of carbonyl (C=O) groups is 1. The zero-order valence-electron chi connectivity index (χ0n) is 21.6. The summed E-state index contributed by atoms with van der Waals surface area (Å²) in [6.45, 7) is 5.00. The number of pyridine rings is 1. The predicted octanol–water partition coefficient (Wildman–Crippen LogP) is 4.64. The maximum atomic E-state index is 13.7. The van der Waals surface area contributed by atoms with E-state index in [1.807, 2.05) is 19.9 Å². The van der Waals surface area contributed by atoms with E-state index in [-0.39, 0.29) is 9.79 Å². The van der Waals surface area contributed by atoms with Gasteiger partial charge in [0.05, 0.1) is 27.4 Å². The molecule has 202 valence electrons. The van der Waals surface area contributed by atoms with Gasteiger partial charge in [-0.25, -0.2) is 16.8 Å². The third kappa shape index (κ3) is 6.62. The van der Waals surface area contributed by atoms with Crippen LogP contribution in [0, 0.1) is 20.8 Å². The molecule has 3 aromatic carbocycles. The Bertz CT molecular complexity index is 1690. The van der Waals surface area contributed by atoms with Crippen LogP contribution in [0.25, 0.3) is 0 Å². The van der Waals surface area contributed by atoms with Crippen LogP contribution in [-0.4, -0.2) is 34.3 Å². The highest BCUT2D eigenvalue weighted by Crippen LogP contribution is 2.28. The Morgan fingerprint density at radius 3 is 2.08 bits per heavy atom. The second kappa shape index (κ2) is 11.3. The summed E-state index contributed by atoms with van der Waals surface area (Å²) in [5.41, 5.74) is 3.47. The van der Waals surface area contributed by atoms with Gasteiger partial charge in [0.15, 0.2) is 0 Å². The van der Waals surface area contributed by atoms with Gasteiger partial charge in [-0.2, -0.15) is 0 Å². The number of benzene rings is 3. The van der Waals surface area contributed by atoms with E-state index in [1.165, 1.54) is 48.8 Å². The second-order valence-electron chi connectivity index (χ2n) is 9.03. The van der Waals surface area contributed by atoms with E-state index >= 15 is 0 Å². The normalized spacial score (nSPS) is 11.6. The monoisotopic (exact) mass is 564 g/mol. The molecule has 1 aromatic heterocycles. The third-order valence-electron chi connectivity index (χ3n) is 5.89. The van der Waals surface area contributed by atoms with E-state index in [1.54, 1.807) is 43.3 Å². The van der Waals surface area contributed by atoms with Crippen LogP contribution in [0.1, 0.15) is 16.7 Å². The van der Waals surface area contributed by atoms with Crippen LogP contribution in [0.4, 0.5) is 17.1 Å². The number of hydrogen-bond acceptors (Lipinski definition) is 6. The Hall–Kier alpha value is -4.22. The highest BCUT2D eigenvalue weighted by molar-refractivity contribution is 7.93. The minimum atomic E-state index is -4.07. The molecule has 4 rings (SSSR count). The topological polar surface area (TPSA) is 126 Å². The number of sulfonamides is 2. The van der Waals surface area contributed by atoms with E-state index < -0.39 is 32.5 Å². The maximum absolute atomic E-state index is 13.7. The molecule has 0 radical (unpaired) electrons. The molecule has 0 bridgehead atoms. The molecule has 0 aliphatic heterocycles. The summed E-state index contributed by atoms with van der Waals surface area (Å²) >= 11 is 0. The van der Waals surface area contributed by atoms with Gasteiger partial charge in [0.25, 0.3) is 20.0 Å². The van der Waals surface area contributed by atoms with Gasteiger partial charge in [0.2, 0.25) is 5.91 Å². The zero-order valence-corrected chi connectivity index (χ0v) is 23.3. The fourth-order valence-electron chi connectivity index (χ4n) is 3.81. The lowest BCUT2D eigenvalue weighted by Crippen LogP contribution is -2.38. The van der Waals surface area contributed by atoms with E-state index in [0.717, 1.165) is 15.4 Å². The Labute approximate surface area is 228 Å². The lowest BCUT2D eigenvalue weighted by atomic mass is 10.1. The first-order valence-corrected chi connectivity index (χ1v) is 14.9. The third-order valence-corrected chi connectivity index (χ3v) is 9.06. The van der Waals surface area contributed by atoms with Crippen molar-refractivity contribution in [2.75, 3.05) is 20.9 Å². The average Bonchev–Trinajstić information content (AvgIpc) is 2.89. The van der Waals surface area contributed by atoms with Gasteiger partial charge in [-0.15, -0.1) is 0 Å². The van der Waals surface area contributed by atoms with Crippen molar-refractivity contribution in [3.8, 4) is 0 Å². The number of nitrogens with zero attached hydrogens (tertiary/aromatic N) is 2. The molecule has 0 aliphatic carbocycles. The molecule has 0 spiro atoms. The Morgan fingerprint density at radius 1 is 0.795 bits per heavy atom. The zero-order chi connectivity index (χ0) is 28.2. The van der Waals surface area contributed by atoms with E-state index in [2.05, 4.69) is 15.0 Å². The fourth-order valence-corrected chi connectivity index (χ4v) is 6.33. The molecule has 1 amide bonds. The van der Waals surface area contributed by atoms with Crippen LogP contribution < -0.4 is 14.3 Å². The van der Waals surface area contributed by atoms with Gasteiger partial charge in [0.1, 0.15) is 6.54 Å². The predicted molar refractivity (Wildman–Crippen MR) is 152 cm³/mol. The minimum absolute atomic E-state index is 0.0108. The summed E-state index contributed by atoms with van der Waals surface area (Å²) in [5.74, 6) is -0.587. The molecule has 2 N–H and O–H groups in total. The number of carbonyl (C=O) groups excluding carboxylic acids is 1. The van der Waals surface area contributed by atoms with E-state index in [0.29, 0.717) is 22.6 Å². The molecule has 0 saturated carbocycles. The number of aryl methyl sites for hydroxylation is 3. The molecular formula is C28H28N4O5S2. The molecule has 1 heterocycles. The second-order valence-corrected chi connectivity index (χ2v) is 12.6. The standard InChI is InChI=1S/C28H28N4O5S2/c1-20-7-12-26(13-8-20)39(36,37)32(27-17-21(2)6-9-22(27)3)19-28(33)30-23-10-14-25(15-11-23)38(34,35)31-24-5-4-16-29-18-24/h4-18,31H,19H2,1-3H3,(H,30,33). The smallest absolute Gasteiger partial charge is 0.264 e. The van der Waals surface area contributed by atoms with Crippen molar-refractivity contribution in [3.05, 3.63) is 108 Å². The van der Waals surface area contributed by atoms with Gasteiger partial charge >= 0.3 is 0 Å². The van der Waals surface area contributed by atoms with Crippen molar-refractivity contribution < 1.29 is 21.6 Å². The lowest BCUT2D eigenvalue weighted by molar-refractivity contribution is -0.114. The molecule has 4 aromatic rings. The van der Waals surface area contributed by atoms with Crippen molar-refractivity contribution in [3.63, 3.8) is 0 Å². The van der Waals surface area contributed by atoms with Crippen LogP contribution in [0.15, 0.2) is 101 Å². The Kier molecular flexibility index (Phi) is 8.03. The van der Waals surface area contributed by atoms with Crippen LogP contribution in [0.2, 0.25) is 0 Å².